The van der Waals surface area contributed by atoms with Gasteiger partial charge in [0.1, 0.15) is 5.69 Å². The Bertz CT molecular complexity index is 1180. The summed E-state index contributed by atoms with van der Waals surface area (Å²) in [6, 6.07) is 9.97. The average Bonchev–Trinajstić information content (AvgIpc) is 3.23. The molecule has 0 saturated heterocycles. The van der Waals surface area contributed by atoms with Gasteiger partial charge >= 0.3 is 0 Å². The zero-order chi connectivity index (χ0) is 22.6. The Morgan fingerprint density at radius 1 is 1.06 bits per heavy atom. The number of hydrogen-bond donors (Lipinski definition) is 0. The summed E-state index contributed by atoms with van der Waals surface area (Å²) in [5, 5.41) is 0.557. The Morgan fingerprint density at radius 3 is 2.42 bits per heavy atom. The predicted molar refractivity (Wildman–Crippen MR) is 125 cm³/mol. The first-order valence-corrected chi connectivity index (χ1v) is 11.2. The summed E-state index contributed by atoms with van der Waals surface area (Å²) in [6.45, 7) is 10.3. The van der Waals surface area contributed by atoms with Crippen LogP contribution in [0.4, 0.5) is 10.1 Å². The second kappa shape index (κ2) is 7.99. The average molecular weight is 459 g/mol. The van der Waals surface area contributed by atoms with Gasteiger partial charge < -0.3 is 4.57 Å². The molecule has 0 saturated carbocycles. The quantitative estimate of drug-likeness (QED) is 0.393. The number of hydrogen-bond acceptors (Lipinski definition) is 1. The van der Waals surface area contributed by atoms with Crippen LogP contribution in [-0.4, -0.2) is 10.5 Å². The van der Waals surface area contributed by atoms with Gasteiger partial charge in [-0.05, 0) is 67.6 Å². The molecule has 31 heavy (non-hydrogen) atoms. The highest BCUT2D eigenvalue weighted by atomic mass is 35.5. The number of rotatable bonds is 4. The lowest BCUT2D eigenvalue weighted by Gasteiger charge is -2.29. The van der Waals surface area contributed by atoms with Crippen molar-refractivity contribution < 1.29 is 9.18 Å². The van der Waals surface area contributed by atoms with Gasteiger partial charge in [-0.1, -0.05) is 49.2 Å². The first-order chi connectivity index (χ1) is 14.6. The summed E-state index contributed by atoms with van der Waals surface area (Å²) >= 11 is 12.5. The summed E-state index contributed by atoms with van der Waals surface area (Å²) in [5.41, 5.74) is 4.62. The summed E-state index contributed by atoms with van der Waals surface area (Å²) in [7, 11) is 0. The van der Waals surface area contributed by atoms with Gasteiger partial charge in [0.2, 0.25) is 0 Å². The van der Waals surface area contributed by atoms with Crippen LogP contribution in [0.1, 0.15) is 78.4 Å². The SMILES string of the molecule is Cc1ccc(Cl)cc1[C@H]1c2c(C(C)C)cn(C(C)C)c2C(=O)N1c1cccc(Cl)c1F. The number of fused-ring (bicyclic) bond motifs is 1. The molecule has 6 heteroatoms. The number of carbonyl (C=O) groups excluding carboxylic acids is 1. The van der Waals surface area contributed by atoms with Gasteiger partial charge in [-0.15, -0.1) is 0 Å². The third kappa shape index (κ3) is 3.46. The Hall–Kier alpha value is -2.30. The minimum Gasteiger partial charge on any atom is -0.340 e. The first-order valence-electron chi connectivity index (χ1n) is 10.4. The summed E-state index contributed by atoms with van der Waals surface area (Å²) in [4.78, 5) is 15.4. The highest BCUT2D eigenvalue weighted by Crippen LogP contribution is 2.48. The monoisotopic (exact) mass is 458 g/mol. The second-order valence-corrected chi connectivity index (χ2v) is 9.50. The van der Waals surface area contributed by atoms with Crippen LogP contribution >= 0.6 is 23.2 Å². The number of aryl methyl sites for hydroxylation is 1. The molecule has 2 aromatic carbocycles. The van der Waals surface area contributed by atoms with Crippen molar-refractivity contribution in [3.8, 4) is 0 Å². The molecule has 3 aromatic rings. The molecule has 1 amide bonds. The number of anilines is 1. The van der Waals surface area contributed by atoms with Gasteiger partial charge in [0.15, 0.2) is 5.82 Å². The van der Waals surface area contributed by atoms with E-state index in [-0.39, 0.29) is 28.6 Å². The molecule has 1 aromatic heterocycles. The van der Waals surface area contributed by atoms with E-state index in [1.54, 1.807) is 12.1 Å². The van der Waals surface area contributed by atoms with E-state index in [4.69, 9.17) is 23.2 Å². The number of nitrogens with zero attached hydrogens (tertiary/aromatic N) is 2. The Labute approximate surface area is 192 Å². The van der Waals surface area contributed by atoms with Crippen LogP contribution in [0.3, 0.4) is 0 Å². The molecule has 1 aliphatic heterocycles. The van der Waals surface area contributed by atoms with Crippen molar-refractivity contribution in [2.75, 3.05) is 4.90 Å². The minimum absolute atomic E-state index is 0.0146. The zero-order valence-corrected chi connectivity index (χ0v) is 19.7. The molecule has 0 spiro atoms. The van der Waals surface area contributed by atoms with E-state index in [0.717, 1.165) is 22.3 Å². The molecule has 1 atom stereocenters. The van der Waals surface area contributed by atoms with E-state index in [9.17, 15) is 4.79 Å². The van der Waals surface area contributed by atoms with Crippen LogP contribution in [0.2, 0.25) is 10.0 Å². The lowest BCUT2D eigenvalue weighted by molar-refractivity contribution is 0.0983. The van der Waals surface area contributed by atoms with E-state index in [1.807, 2.05) is 43.5 Å². The van der Waals surface area contributed by atoms with Crippen LogP contribution in [-0.2, 0) is 0 Å². The van der Waals surface area contributed by atoms with Gasteiger partial charge in [0.25, 0.3) is 5.91 Å². The molecule has 162 valence electrons. The van der Waals surface area contributed by atoms with Crippen LogP contribution in [0.25, 0.3) is 0 Å². The van der Waals surface area contributed by atoms with E-state index >= 15 is 4.39 Å². The molecule has 1 aliphatic rings. The highest BCUT2D eigenvalue weighted by molar-refractivity contribution is 6.31. The maximum absolute atomic E-state index is 15.2. The van der Waals surface area contributed by atoms with E-state index in [1.165, 1.54) is 11.0 Å². The van der Waals surface area contributed by atoms with Crippen molar-refractivity contribution in [2.45, 2.75) is 52.6 Å². The van der Waals surface area contributed by atoms with Crippen molar-refractivity contribution >= 4 is 34.8 Å². The van der Waals surface area contributed by atoms with Crippen LogP contribution < -0.4 is 4.90 Å². The lowest BCUT2D eigenvalue weighted by Crippen LogP contribution is -2.31. The number of carbonyl (C=O) groups is 1. The Kier molecular flexibility index (Phi) is 5.65. The predicted octanol–water partition coefficient (Wildman–Crippen LogP) is 7.70. The maximum atomic E-state index is 15.2. The zero-order valence-electron chi connectivity index (χ0n) is 18.2. The third-order valence-corrected chi connectivity index (χ3v) is 6.49. The largest absolute Gasteiger partial charge is 0.340 e. The fraction of sp³-hybridized carbons (Fsp3) is 0.320. The maximum Gasteiger partial charge on any atom is 0.276 e. The molecule has 0 bridgehead atoms. The second-order valence-electron chi connectivity index (χ2n) is 8.65. The lowest BCUT2D eigenvalue weighted by atomic mass is 9.90. The Morgan fingerprint density at radius 2 is 1.77 bits per heavy atom. The smallest absolute Gasteiger partial charge is 0.276 e. The molecule has 2 heterocycles. The fourth-order valence-corrected chi connectivity index (χ4v) is 4.78. The molecule has 3 nitrogen and oxygen atoms in total. The Balaban J connectivity index is 2.08. The minimum atomic E-state index is -0.602. The molecule has 0 radical (unpaired) electrons. The van der Waals surface area contributed by atoms with Crippen LogP contribution in [0.5, 0.6) is 0 Å². The van der Waals surface area contributed by atoms with Gasteiger partial charge in [-0.2, -0.15) is 0 Å². The molecule has 0 unspecified atom stereocenters. The van der Waals surface area contributed by atoms with E-state index in [0.29, 0.717) is 10.7 Å². The molecule has 0 N–H and O–H groups in total. The standard InChI is InChI=1S/C25H25Cl2FN2O/c1-13(2)18-12-29(14(3)4)24-21(18)23(17-11-16(26)10-9-15(17)5)30(25(24)31)20-8-6-7-19(27)22(20)28/h6-14,23H,1-5H3/t23-/m0/s1. The molecule has 4 rings (SSSR count). The fourth-order valence-electron chi connectivity index (χ4n) is 4.43. The van der Waals surface area contributed by atoms with Crippen molar-refractivity contribution in [1.82, 2.24) is 4.57 Å². The first kappa shape index (κ1) is 21.9. The van der Waals surface area contributed by atoms with Crippen molar-refractivity contribution in [2.24, 2.45) is 0 Å². The molecular weight excluding hydrogens is 434 g/mol. The molecular formula is C25H25Cl2FN2O. The van der Waals surface area contributed by atoms with Crippen molar-refractivity contribution in [3.63, 3.8) is 0 Å². The van der Waals surface area contributed by atoms with Crippen molar-refractivity contribution in [1.29, 1.82) is 0 Å². The highest BCUT2D eigenvalue weighted by Gasteiger charge is 2.45. The van der Waals surface area contributed by atoms with Crippen LogP contribution in [0.15, 0.2) is 42.6 Å². The third-order valence-electron chi connectivity index (χ3n) is 5.96. The summed E-state index contributed by atoms with van der Waals surface area (Å²) in [6.07, 6.45) is 2.07. The van der Waals surface area contributed by atoms with E-state index in [2.05, 4.69) is 20.0 Å². The van der Waals surface area contributed by atoms with Gasteiger partial charge in [0, 0.05) is 22.8 Å². The van der Waals surface area contributed by atoms with Crippen molar-refractivity contribution in [3.05, 3.63) is 86.4 Å². The molecule has 0 aliphatic carbocycles. The topological polar surface area (TPSA) is 25.2 Å². The number of aromatic nitrogens is 1. The van der Waals surface area contributed by atoms with E-state index < -0.39 is 11.9 Å². The van der Waals surface area contributed by atoms with Gasteiger partial charge in [0.05, 0.1) is 16.8 Å². The van der Waals surface area contributed by atoms with Gasteiger partial charge in [-0.3, -0.25) is 9.69 Å². The molecule has 0 fully saturated rings. The number of benzene rings is 2. The summed E-state index contributed by atoms with van der Waals surface area (Å²) in [5.74, 6) is -0.650. The summed E-state index contributed by atoms with van der Waals surface area (Å²) < 4.78 is 17.2. The van der Waals surface area contributed by atoms with Gasteiger partial charge in [-0.25, -0.2) is 4.39 Å². The normalized spacial score (nSPS) is 16.0. The number of amides is 1. The number of halogens is 3. The van der Waals surface area contributed by atoms with Crippen LogP contribution in [0, 0.1) is 12.7 Å².